The lowest BCUT2D eigenvalue weighted by atomic mass is 10.0. The van der Waals surface area contributed by atoms with E-state index in [0.717, 1.165) is 29.8 Å². The van der Waals surface area contributed by atoms with Gasteiger partial charge in [-0.3, -0.25) is 19.4 Å². The van der Waals surface area contributed by atoms with Crippen LogP contribution in [0.3, 0.4) is 0 Å². The third-order valence-corrected chi connectivity index (χ3v) is 4.99. The first-order valence-electron chi connectivity index (χ1n) is 8.40. The number of imide groups is 1. The van der Waals surface area contributed by atoms with Gasteiger partial charge in [0.25, 0.3) is 0 Å². The fraction of sp³-hybridized carbons (Fsp3) is 0.500. The fourth-order valence-corrected chi connectivity index (χ4v) is 3.16. The molecule has 3 rings (SSSR count). The zero-order valence-corrected chi connectivity index (χ0v) is 14.3. The van der Waals surface area contributed by atoms with Crippen LogP contribution < -0.4 is 10.2 Å². The largest absolute Gasteiger partial charge is 0.331 e. The first-order chi connectivity index (χ1) is 11.4. The minimum atomic E-state index is -0.305. The summed E-state index contributed by atoms with van der Waals surface area (Å²) in [6.07, 6.45) is 2.24. The van der Waals surface area contributed by atoms with Crippen LogP contribution in [0.4, 0.5) is 16.2 Å². The maximum absolute atomic E-state index is 12.4. The maximum atomic E-state index is 12.4. The SMILES string of the molecule is CC(=O)N1CCN(c2cccc(NC(=O)C(C)C3CC3)c2C)C1=O. The molecule has 2 aliphatic rings. The van der Waals surface area contributed by atoms with E-state index in [-0.39, 0.29) is 23.8 Å². The molecule has 1 aliphatic heterocycles. The zero-order valence-electron chi connectivity index (χ0n) is 14.3. The molecular weight excluding hydrogens is 306 g/mol. The van der Waals surface area contributed by atoms with E-state index in [4.69, 9.17) is 0 Å². The number of rotatable bonds is 4. The van der Waals surface area contributed by atoms with E-state index < -0.39 is 0 Å². The minimum absolute atomic E-state index is 0.00896. The van der Waals surface area contributed by atoms with Crippen LogP contribution in [0.2, 0.25) is 0 Å². The number of amides is 4. The summed E-state index contributed by atoms with van der Waals surface area (Å²) in [6.45, 7) is 6.10. The van der Waals surface area contributed by atoms with Crippen molar-refractivity contribution in [2.45, 2.75) is 33.6 Å². The number of carbonyl (C=O) groups excluding carboxylic acids is 3. The highest BCUT2D eigenvalue weighted by Crippen LogP contribution is 2.37. The molecule has 1 saturated carbocycles. The van der Waals surface area contributed by atoms with Crippen molar-refractivity contribution < 1.29 is 14.4 Å². The van der Waals surface area contributed by atoms with Gasteiger partial charge in [-0.15, -0.1) is 0 Å². The van der Waals surface area contributed by atoms with E-state index in [1.807, 2.05) is 32.0 Å². The van der Waals surface area contributed by atoms with E-state index in [1.165, 1.54) is 11.8 Å². The second kappa shape index (κ2) is 6.26. The molecule has 24 heavy (non-hydrogen) atoms. The van der Waals surface area contributed by atoms with Crippen molar-refractivity contribution in [2.24, 2.45) is 11.8 Å². The lowest BCUT2D eigenvalue weighted by molar-refractivity contribution is -0.125. The highest BCUT2D eigenvalue weighted by Gasteiger charge is 2.34. The summed E-state index contributed by atoms with van der Waals surface area (Å²) in [5.74, 6) is 0.284. The molecule has 1 aromatic carbocycles. The van der Waals surface area contributed by atoms with Crippen molar-refractivity contribution >= 4 is 29.2 Å². The normalized spacial score (nSPS) is 18.7. The highest BCUT2D eigenvalue weighted by molar-refractivity contribution is 6.05. The van der Waals surface area contributed by atoms with Gasteiger partial charge in [-0.1, -0.05) is 13.0 Å². The van der Waals surface area contributed by atoms with Crippen LogP contribution in [0.15, 0.2) is 18.2 Å². The first-order valence-corrected chi connectivity index (χ1v) is 8.40. The number of benzene rings is 1. The molecule has 1 atom stereocenters. The van der Waals surface area contributed by atoms with E-state index in [0.29, 0.717) is 19.0 Å². The molecule has 2 fully saturated rings. The van der Waals surface area contributed by atoms with E-state index in [2.05, 4.69) is 5.32 Å². The molecular formula is C18H23N3O3. The summed E-state index contributed by atoms with van der Waals surface area (Å²) < 4.78 is 0. The van der Waals surface area contributed by atoms with E-state index in [1.54, 1.807) is 4.90 Å². The van der Waals surface area contributed by atoms with Gasteiger partial charge in [0.15, 0.2) is 0 Å². The molecule has 6 heteroatoms. The van der Waals surface area contributed by atoms with Crippen LogP contribution in [-0.2, 0) is 9.59 Å². The average Bonchev–Trinajstić information content (AvgIpc) is 3.31. The Bertz CT molecular complexity index is 697. The van der Waals surface area contributed by atoms with Gasteiger partial charge in [0.1, 0.15) is 0 Å². The second-order valence-electron chi connectivity index (χ2n) is 6.67. The lowest BCUT2D eigenvalue weighted by Gasteiger charge is -2.21. The molecule has 6 nitrogen and oxygen atoms in total. The third-order valence-electron chi connectivity index (χ3n) is 4.99. The Labute approximate surface area is 141 Å². The van der Waals surface area contributed by atoms with Crippen molar-refractivity contribution in [2.75, 3.05) is 23.3 Å². The highest BCUT2D eigenvalue weighted by atomic mass is 16.2. The second-order valence-corrected chi connectivity index (χ2v) is 6.67. The monoisotopic (exact) mass is 329 g/mol. The Balaban J connectivity index is 1.80. The third kappa shape index (κ3) is 3.00. The molecule has 128 valence electrons. The van der Waals surface area contributed by atoms with Crippen LogP contribution in [0.25, 0.3) is 0 Å². The molecule has 0 spiro atoms. The van der Waals surface area contributed by atoms with Crippen LogP contribution in [0, 0.1) is 18.8 Å². The molecule has 1 unspecified atom stereocenters. The molecule has 1 N–H and O–H groups in total. The van der Waals surface area contributed by atoms with Crippen molar-refractivity contribution in [1.29, 1.82) is 0 Å². The van der Waals surface area contributed by atoms with Crippen LogP contribution in [0.1, 0.15) is 32.3 Å². The number of nitrogens with one attached hydrogen (secondary N) is 1. The molecule has 1 heterocycles. The summed E-state index contributed by atoms with van der Waals surface area (Å²) >= 11 is 0. The predicted octanol–water partition coefficient (Wildman–Crippen LogP) is 2.77. The number of urea groups is 1. The van der Waals surface area contributed by atoms with Crippen molar-refractivity contribution in [3.8, 4) is 0 Å². The molecule has 1 aromatic rings. The standard InChI is InChI=1S/C18H23N3O3/c1-11(14-7-8-14)17(23)19-15-5-4-6-16(12(15)2)21-10-9-20(13(3)22)18(21)24/h4-6,11,14H,7-10H2,1-3H3,(H,19,23). The van der Waals surface area contributed by atoms with Crippen LogP contribution >= 0.6 is 0 Å². The summed E-state index contributed by atoms with van der Waals surface area (Å²) in [6, 6.07) is 5.21. The Morgan fingerprint density at radius 2 is 1.96 bits per heavy atom. The Kier molecular flexibility index (Phi) is 4.30. The smallest absolute Gasteiger partial charge is 0.326 e. The van der Waals surface area contributed by atoms with Crippen molar-refractivity contribution in [3.05, 3.63) is 23.8 Å². The maximum Gasteiger partial charge on any atom is 0.331 e. The quantitative estimate of drug-likeness (QED) is 0.923. The molecule has 0 radical (unpaired) electrons. The molecule has 4 amide bonds. The number of hydrogen-bond acceptors (Lipinski definition) is 3. The average molecular weight is 329 g/mol. The topological polar surface area (TPSA) is 69.7 Å². The Morgan fingerprint density at radius 3 is 2.54 bits per heavy atom. The van der Waals surface area contributed by atoms with E-state index in [9.17, 15) is 14.4 Å². The van der Waals surface area contributed by atoms with Gasteiger partial charge in [0.05, 0.1) is 5.69 Å². The van der Waals surface area contributed by atoms with Gasteiger partial charge in [0, 0.05) is 31.6 Å². The molecule has 1 aliphatic carbocycles. The fourth-order valence-electron chi connectivity index (χ4n) is 3.16. The Hall–Kier alpha value is -2.37. The number of carbonyl (C=O) groups is 3. The van der Waals surface area contributed by atoms with Gasteiger partial charge in [0.2, 0.25) is 11.8 Å². The van der Waals surface area contributed by atoms with Gasteiger partial charge in [-0.05, 0) is 43.4 Å². The van der Waals surface area contributed by atoms with Gasteiger partial charge in [-0.2, -0.15) is 0 Å². The Morgan fingerprint density at radius 1 is 1.25 bits per heavy atom. The summed E-state index contributed by atoms with van der Waals surface area (Å²) in [4.78, 5) is 39.0. The number of nitrogens with zero attached hydrogens (tertiary/aromatic N) is 2. The van der Waals surface area contributed by atoms with Crippen molar-refractivity contribution in [3.63, 3.8) is 0 Å². The van der Waals surface area contributed by atoms with Crippen molar-refractivity contribution in [1.82, 2.24) is 4.90 Å². The lowest BCUT2D eigenvalue weighted by Crippen LogP contribution is -2.35. The van der Waals surface area contributed by atoms with Gasteiger partial charge < -0.3 is 5.32 Å². The predicted molar refractivity (Wildman–Crippen MR) is 91.8 cm³/mol. The first kappa shape index (κ1) is 16.5. The molecule has 0 aromatic heterocycles. The minimum Gasteiger partial charge on any atom is -0.326 e. The van der Waals surface area contributed by atoms with Gasteiger partial charge in [-0.25, -0.2) is 4.79 Å². The summed E-state index contributed by atoms with van der Waals surface area (Å²) in [5.41, 5.74) is 2.30. The van der Waals surface area contributed by atoms with Crippen LogP contribution in [0.5, 0.6) is 0 Å². The van der Waals surface area contributed by atoms with Crippen LogP contribution in [-0.4, -0.2) is 35.8 Å². The zero-order chi connectivity index (χ0) is 17.4. The van der Waals surface area contributed by atoms with Gasteiger partial charge >= 0.3 is 6.03 Å². The summed E-state index contributed by atoms with van der Waals surface area (Å²) in [5, 5.41) is 2.99. The van der Waals surface area contributed by atoms with E-state index >= 15 is 0 Å². The number of hydrogen-bond donors (Lipinski definition) is 1. The molecule has 1 saturated heterocycles. The summed E-state index contributed by atoms with van der Waals surface area (Å²) in [7, 11) is 0. The molecule has 0 bridgehead atoms. The number of anilines is 2.